The number of nitrogens with two attached hydrogens (primary N) is 1. The van der Waals surface area contributed by atoms with Crippen molar-refractivity contribution in [1.29, 1.82) is 0 Å². The van der Waals surface area contributed by atoms with Gasteiger partial charge in [-0.05, 0) is 18.6 Å². The van der Waals surface area contributed by atoms with Gasteiger partial charge in [0.2, 0.25) is 0 Å². The topological polar surface area (TPSA) is 68.0 Å². The molecule has 1 aromatic heterocycles. The van der Waals surface area contributed by atoms with Gasteiger partial charge in [0, 0.05) is 12.7 Å². The van der Waals surface area contributed by atoms with Gasteiger partial charge in [0.05, 0.1) is 5.56 Å². The Morgan fingerprint density at radius 3 is 2.92 bits per heavy atom. The van der Waals surface area contributed by atoms with Crippen molar-refractivity contribution < 1.29 is 4.79 Å². The molecule has 0 aliphatic heterocycles. The lowest BCUT2D eigenvalue weighted by Crippen LogP contribution is -2.24. The molecule has 0 unspecified atom stereocenters. The molecule has 0 atom stereocenters. The third-order valence-electron chi connectivity index (χ3n) is 1.58. The van der Waals surface area contributed by atoms with Gasteiger partial charge in [0.25, 0.3) is 5.91 Å². The molecule has 1 rings (SSSR count). The highest BCUT2D eigenvalue weighted by molar-refractivity contribution is 5.93. The van der Waals surface area contributed by atoms with Crippen LogP contribution >= 0.6 is 0 Å². The SMILES string of the molecule is CCCNC(=O)c1ccc(N)nc1. The van der Waals surface area contributed by atoms with E-state index >= 15 is 0 Å². The summed E-state index contributed by atoms with van der Waals surface area (Å²) < 4.78 is 0. The van der Waals surface area contributed by atoms with Gasteiger partial charge < -0.3 is 11.1 Å². The summed E-state index contributed by atoms with van der Waals surface area (Å²) in [5.74, 6) is 0.321. The number of amides is 1. The van der Waals surface area contributed by atoms with Gasteiger partial charge >= 0.3 is 0 Å². The summed E-state index contributed by atoms with van der Waals surface area (Å²) in [6.07, 6.45) is 2.40. The van der Waals surface area contributed by atoms with Gasteiger partial charge in [-0.25, -0.2) is 4.98 Å². The van der Waals surface area contributed by atoms with Crippen molar-refractivity contribution in [3.63, 3.8) is 0 Å². The average molecular weight is 179 g/mol. The Morgan fingerprint density at radius 2 is 2.38 bits per heavy atom. The summed E-state index contributed by atoms with van der Waals surface area (Å²) in [6.45, 7) is 2.69. The molecular formula is C9H13N3O. The maximum atomic E-state index is 11.3. The second-order valence-corrected chi connectivity index (χ2v) is 2.73. The van der Waals surface area contributed by atoms with Crippen molar-refractivity contribution in [2.75, 3.05) is 12.3 Å². The zero-order valence-electron chi connectivity index (χ0n) is 7.58. The van der Waals surface area contributed by atoms with E-state index in [1.807, 2.05) is 6.92 Å². The highest BCUT2D eigenvalue weighted by Crippen LogP contribution is 2.00. The van der Waals surface area contributed by atoms with Gasteiger partial charge in [0.1, 0.15) is 5.82 Å². The van der Waals surface area contributed by atoms with Crippen molar-refractivity contribution in [1.82, 2.24) is 10.3 Å². The van der Waals surface area contributed by atoms with Crippen LogP contribution in [0.4, 0.5) is 5.82 Å². The minimum absolute atomic E-state index is 0.102. The van der Waals surface area contributed by atoms with Crippen LogP contribution in [0.15, 0.2) is 18.3 Å². The third-order valence-corrected chi connectivity index (χ3v) is 1.58. The maximum Gasteiger partial charge on any atom is 0.252 e. The van der Waals surface area contributed by atoms with Crippen LogP contribution < -0.4 is 11.1 Å². The van der Waals surface area contributed by atoms with E-state index in [4.69, 9.17) is 5.73 Å². The van der Waals surface area contributed by atoms with E-state index in [1.165, 1.54) is 6.20 Å². The van der Waals surface area contributed by atoms with E-state index in [1.54, 1.807) is 12.1 Å². The summed E-state index contributed by atoms with van der Waals surface area (Å²) in [5, 5.41) is 2.75. The molecule has 0 bridgehead atoms. The van der Waals surface area contributed by atoms with Crippen LogP contribution in [0, 0.1) is 0 Å². The number of nitrogens with one attached hydrogen (secondary N) is 1. The summed E-state index contributed by atoms with van der Waals surface area (Å²) in [6, 6.07) is 3.27. The molecule has 3 N–H and O–H groups in total. The van der Waals surface area contributed by atoms with Crippen LogP contribution in [0.1, 0.15) is 23.7 Å². The van der Waals surface area contributed by atoms with Crippen LogP contribution in [-0.2, 0) is 0 Å². The summed E-state index contributed by atoms with van der Waals surface area (Å²) in [5.41, 5.74) is 5.93. The molecule has 13 heavy (non-hydrogen) atoms. The average Bonchev–Trinajstić information content (AvgIpc) is 2.15. The Kier molecular flexibility index (Phi) is 3.25. The van der Waals surface area contributed by atoms with Crippen molar-refractivity contribution in [2.45, 2.75) is 13.3 Å². The fourth-order valence-corrected chi connectivity index (χ4v) is 0.880. The van der Waals surface area contributed by atoms with Gasteiger partial charge in [0.15, 0.2) is 0 Å². The monoisotopic (exact) mass is 179 g/mol. The van der Waals surface area contributed by atoms with E-state index in [9.17, 15) is 4.79 Å². The number of aromatic nitrogens is 1. The molecule has 0 aromatic carbocycles. The van der Waals surface area contributed by atoms with E-state index in [-0.39, 0.29) is 5.91 Å². The van der Waals surface area contributed by atoms with Crippen LogP contribution in [0.25, 0.3) is 0 Å². The van der Waals surface area contributed by atoms with Crippen LogP contribution in [0.5, 0.6) is 0 Å². The molecule has 1 amide bonds. The second kappa shape index (κ2) is 4.45. The Morgan fingerprint density at radius 1 is 1.62 bits per heavy atom. The van der Waals surface area contributed by atoms with Crippen molar-refractivity contribution in [3.8, 4) is 0 Å². The van der Waals surface area contributed by atoms with Crippen molar-refractivity contribution in [3.05, 3.63) is 23.9 Å². The smallest absolute Gasteiger partial charge is 0.252 e. The number of pyridine rings is 1. The first-order valence-corrected chi connectivity index (χ1v) is 4.23. The number of nitrogen functional groups attached to an aromatic ring is 1. The van der Waals surface area contributed by atoms with Gasteiger partial charge in [-0.15, -0.1) is 0 Å². The van der Waals surface area contributed by atoms with Crippen LogP contribution in [0.3, 0.4) is 0 Å². The van der Waals surface area contributed by atoms with E-state index < -0.39 is 0 Å². The minimum Gasteiger partial charge on any atom is -0.384 e. The lowest BCUT2D eigenvalue weighted by Gasteiger charge is -2.02. The van der Waals surface area contributed by atoms with E-state index in [2.05, 4.69) is 10.3 Å². The molecule has 0 spiro atoms. The molecule has 70 valence electrons. The molecule has 0 aliphatic rings. The van der Waals surface area contributed by atoms with Gasteiger partial charge in [-0.1, -0.05) is 6.92 Å². The summed E-state index contributed by atoms with van der Waals surface area (Å²) >= 11 is 0. The van der Waals surface area contributed by atoms with Gasteiger partial charge in [-0.2, -0.15) is 0 Å². The number of hydrogen-bond donors (Lipinski definition) is 2. The maximum absolute atomic E-state index is 11.3. The Balaban J connectivity index is 2.61. The van der Waals surface area contributed by atoms with Crippen LogP contribution in [-0.4, -0.2) is 17.4 Å². The predicted octanol–water partition coefficient (Wildman–Crippen LogP) is 0.804. The first kappa shape index (κ1) is 9.51. The normalized spacial score (nSPS) is 9.62. The first-order valence-electron chi connectivity index (χ1n) is 4.23. The zero-order valence-corrected chi connectivity index (χ0v) is 7.58. The lowest BCUT2D eigenvalue weighted by molar-refractivity contribution is 0.0953. The molecule has 1 heterocycles. The van der Waals surface area contributed by atoms with Crippen molar-refractivity contribution in [2.24, 2.45) is 0 Å². The lowest BCUT2D eigenvalue weighted by atomic mass is 10.2. The van der Waals surface area contributed by atoms with E-state index in [0.717, 1.165) is 6.42 Å². The number of anilines is 1. The van der Waals surface area contributed by atoms with Crippen molar-refractivity contribution >= 4 is 11.7 Å². The first-order chi connectivity index (χ1) is 6.24. The fraction of sp³-hybridized carbons (Fsp3) is 0.333. The van der Waals surface area contributed by atoms with Crippen LogP contribution in [0.2, 0.25) is 0 Å². The standard InChI is InChI=1S/C9H13N3O/c1-2-5-11-9(13)7-3-4-8(10)12-6-7/h3-4,6H,2,5H2,1H3,(H2,10,12)(H,11,13). The molecule has 4 nitrogen and oxygen atoms in total. The fourth-order valence-electron chi connectivity index (χ4n) is 0.880. The van der Waals surface area contributed by atoms with Gasteiger partial charge in [-0.3, -0.25) is 4.79 Å². The predicted molar refractivity (Wildman–Crippen MR) is 51.3 cm³/mol. The molecule has 0 fully saturated rings. The molecule has 0 saturated carbocycles. The second-order valence-electron chi connectivity index (χ2n) is 2.73. The summed E-state index contributed by atoms with van der Waals surface area (Å²) in [7, 11) is 0. The minimum atomic E-state index is -0.102. The summed E-state index contributed by atoms with van der Waals surface area (Å²) in [4.78, 5) is 15.1. The quantitative estimate of drug-likeness (QED) is 0.721. The highest BCUT2D eigenvalue weighted by Gasteiger charge is 2.03. The molecule has 0 saturated heterocycles. The molecule has 0 radical (unpaired) electrons. The van der Waals surface area contributed by atoms with E-state index in [0.29, 0.717) is 17.9 Å². The molecular weight excluding hydrogens is 166 g/mol. The third kappa shape index (κ3) is 2.74. The largest absolute Gasteiger partial charge is 0.384 e. The number of carbonyl (C=O) groups excluding carboxylic acids is 1. The molecule has 0 aliphatic carbocycles. The number of nitrogens with zero attached hydrogens (tertiary/aromatic N) is 1. The highest BCUT2D eigenvalue weighted by atomic mass is 16.1. The molecule has 1 aromatic rings. The number of carbonyl (C=O) groups is 1. The number of rotatable bonds is 3. The number of hydrogen-bond acceptors (Lipinski definition) is 3. The molecule has 4 heteroatoms. The Labute approximate surface area is 77.2 Å². The Bertz CT molecular complexity index is 281. The zero-order chi connectivity index (χ0) is 9.68. The Hall–Kier alpha value is -1.58.